The van der Waals surface area contributed by atoms with Crippen LogP contribution < -0.4 is 21.3 Å². The maximum Gasteiger partial charge on any atom is 0.359 e. The van der Waals surface area contributed by atoms with E-state index < -0.39 is 5.97 Å². The van der Waals surface area contributed by atoms with E-state index in [2.05, 4.69) is 32.3 Å². The number of nitrogens with two attached hydrogens (primary N) is 1. The summed E-state index contributed by atoms with van der Waals surface area (Å²) < 4.78 is 12.1. The molecule has 2 aromatic carbocycles. The monoisotopic (exact) mass is 489 g/mol. The molecule has 0 radical (unpaired) electrons. The first-order valence-corrected chi connectivity index (χ1v) is 11.6. The molecule has 0 aliphatic rings. The van der Waals surface area contributed by atoms with Crippen LogP contribution in [0.25, 0.3) is 10.8 Å². The minimum Gasteiger partial charge on any atom is -0.495 e. The quantitative estimate of drug-likeness (QED) is 0.251. The summed E-state index contributed by atoms with van der Waals surface area (Å²) in [6.07, 6.45) is 2.73. The Kier molecular flexibility index (Phi) is 7.69. The molecular weight excluding hydrogens is 462 g/mol. The summed E-state index contributed by atoms with van der Waals surface area (Å²) in [6, 6.07) is 14.1. The van der Waals surface area contributed by atoms with Gasteiger partial charge in [-0.3, -0.25) is 4.79 Å². The molecule has 3 N–H and O–H groups in total. The highest BCUT2D eigenvalue weighted by molar-refractivity contribution is 6.02. The van der Waals surface area contributed by atoms with Crippen LogP contribution >= 0.6 is 0 Å². The fourth-order valence-corrected chi connectivity index (χ4v) is 3.67. The summed E-state index contributed by atoms with van der Waals surface area (Å²) >= 11 is 0. The van der Waals surface area contributed by atoms with Gasteiger partial charge >= 0.3 is 5.97 Å². The number of aryl methyl sites for hydroxylation is 1. The number of nitrogens with one attached hydrogen (secondary N) is 1. The van der Waals surface area contributed by atoms with Gasteiger partial charge in [0.15, 0.2) is 18.1 Å². The Morgan fingerprint density at radius 3 is 2.56 bits per heavy atom. The number of carbonyl (C=O) groups is 1. The van der Waals surface area contributed by atoms with Crippen LogP contribution in [0, 0.1) is 0 Å². The summed E-state index contributed by atoms with van der Waals surface area (Å²) in [5.74, 6) is 0.173. The number of aromatic nitrogens is 5. The van der Waals surface area contributed by atoms with Crippen molar-refractivity contribution in [3.05, 3.63) is 70.4 Å². The summed E-state index contributed by atoms with van der Waals surface area (Å²) in [4.78, 5) is 38.3. The number of esters is 1. The number of fused-ring (bicyclic) bond motifs is 1. The molecule has 4 rings (SSSR count). The molecule has 0 aliphatic heterocycles. The zero-order valence-electron chi connectivity index (χ0n) is 20.1. The van der Waals surface area contributed by atoms with Crippen LogP contribution in [-0.2, 0) is 17.9 Å². The number of unbranched alkanes of at least 4 members (excludes halogenated alkanes) is 2. The van der Waals surface area contributed by atoms with Crippen molar-refractivity contribution in [1.82, 2.24) is 24.7 Å². The second-order valence-corrected chi connectivity index (χ2v) is 7.96. The number of para-hydroxylation sites is 2. The lowest BCUT2D eigenvalue weighted by molar-refractivity contribution is 0.0454. The van der Waals surface area contributed by atoms with Crippen LogP contribution in [0.15, 0.2) is 53.3 Å². The van der Waals surface area contributed by atoms with Crippen LogP contribution in [0.5, 0.6) is 5.75 Å². The fraction of sp³-hybridized carbons (Fsp3) is 0.280. The molecule has 186 valence electrons. The van der Waals surface area contributed by atoms with E-state index in [4.69, 9.17) is 15.2 Å². The molecular formula is C25H27N7O4. The summed E-state index contributed by atoms with van der Waals surface area (Å²) in [5, 5.41) is 8.18. The van der Waals surface area contributed by atoms with Gasteiger partial charge in [-0.15, -0.1) is 0 Å². The van der Waals surface area contributed by atoms with Gasteiger partial charge in [-0.25, -0.2) is 9.48 Å². The van der Waals surface area contributed by atoms with Crippen molar-refractivity contribution in [2.24, 2.45) is 0 Å². The highest BCUT2D eigenvalue weighted by Crippen LogP contribution is 2.25. The number of benzene rings is 2. The third kappa shape index (κ3) is 5.57. The lowest BCUT2D eigenvalue weighted by atomic mass is 10.1. The Labute approximate surface area is 207 Å². The first-order chi connectivity index (χ1) is 17.5. The summed E-state index contributed by atoms with van der Waals surface area (Å²) in [5.41, 5.74) is 6.29. The molecule has 11 heteroatoms. The Bertz CT molecular complexity index is 1440. The largest absolute Gasteiger partial charge is 0.495 e. The maximum absolute atomic E-state index is 13.0. The topological polar surface area (TPSA) is 147 Å². The number of nitrogens with zero attached hydrogens (tertiary/aromatic N) is 5. The van der Waals surface area contributed by atoms with Crippen molar-refractivity contribution in [2.75, 3.05) is 18.2 Å². The zero-order valence-corrected chi connectivity index (χ0v) is 20.1. The normalized spacial score (nSPS) is 10.8. The van der Waals surface area contributed by atoms with E-state index in [0.717, 1.165) is 19.3 Å². The standard InChI is InChI=1S/C25H27N7O4/c1-3-4-9-14-32-22(33)17-11-6-5-10-16(17)21(31-32)23(34)36-15-20-28-24(26)30-25(29-20)27-18-12-7-8-13-19(18)35-2/h5-8,10-13H,3-4,9,14-15H2,1-2H3,(H3,26,27,28,29,30). The molecule has 0 aliphatic carbocycles. The van der Waals surface area contributed by atoms with Gasteiger partial charge in [-0.05, 0) is 24.6 Å². The minimum atomic E-state index is -0.700. The van der Waals surface area contributed by atoms with Gasteiger partial charge in [-0.2, -0.15) is 20.1 Å². The van der Waals surface area contributed by atoms with E-state index in [9.17, 15) is 9.59 Å². The van der Waals surface area contributed by atoms with Crippen molar-refractivity contribution in [2.45, 2.75) is 39.3 Å². The molecule has 0 amide bonds. The van der Waals surface area contributed by atoms with Crippen molar-refractivity contribution in [1.29, 1.82) is 0 Å². The smallest absolute Gasteiger partial charge is 0.359 e. The van der Waals surface area contributed by atoms with Crippen LogP contribution in [0.3, 0.4) is 0 Å². The molecule has 11 nitrogen and oxygen atoms in total. The molecule has 0 atom stereocenters. The summed E-state index contributed by atoms with van der Waals surface area (Å²) in [6.45, 7) is 2.22. The van der Waals surface area contributed by atoms with Gasteiger partial charge in [0.2, 0.25) is 11.9 Å². The lowest BCUT2D eigenvalue weighted by Gasteiger charge is -2.12. The minimum absolute atomic E-state index is 0.0403. The van der Waals surface area contributed by atoms with Crippen LogP contribution in [0.2, 0.25) is 0 Å². The number of nitrogen functional groups attached to an aromatic ring is 1. The van der Waals surface area contributed by atoms with E-state index in [1.807, 2.05) is 12.1 Å². The first kappa shape index (κ1) is 24.6. The molecule has 0 unspecified atom stereocenters. The number of hydrogen-bond donors (Lipinski definition) is 2. The van der Waals surface area contributed by atoms with Gasteiger partial charge in [0.05, 0.1) is 18.2 Å². The van der Waals surface area contributed by atoms with Gasteiger partial charge in [-0.1, -0.05) is 50.1 Å². The number of ether oxygens (including phenoxy) is 2. The highest BCUT2D eigenvalue weighted by atomic mass is 16.5. The van der Waals surface area contributed by atoms with Gasteiger partial charge in [0.1, 0.15) is 5.75 Å². The maximum atomic E-state index is 13.0. The Morgan fingerprint density at radius 1 is 1.03 bits per heavy atom. The third-order valence-corrected chi connectivity index (χ3v) is 5.42. The molecule has 0 saturated heterocycles. The molecule has 2 aromatic heterocycles. The Morgan fingerprint density at radius 2 is 1.78 bits per heavy atom. The van der Waals surface area contributed by atoms with E-state index in [1.54, 1.807) is 43.5 Å². The van der Waals surface area contributed by atoms with Crippen LogP contribution in [0.1, 0.15) is 42.5 Å². The van der Waals surface area contributed by atoms with E-state index in [-0.39, 0.29) is 35.6 Å². The average molecular weight is 490 g/mol. The molecule has 4 aromatic rings. The predicted molar refractivity (Wildman–Crippen MR) is 135 cm³/mol. The van der Waals surface area contributed by atoms with Crippen LogP contribution in [0.4, 0.5) is 17.6 Å². The van der Waals surface area contributed by atoms with Gasteiger partial charge in [0, 0.05) is 11.9 Å². The van der Waals surface area contributed by atoms with Crippen molar-refractivity contribution >= 4 is 34.3 Å². The molecule has 0 bridgehead atoms. The molecule has 2 heterocycles. The highest BCUT2D eigenvalue weighted by Gasteiger charge is 2.19. The molecule has 0 fully saturated rings. The number of carbonyl (C=O) groups excluding carboxylic acids is 1. The number of hydrogen-bond acceptors (Lipinski definition) is 10. The van der Waals surface area contributed by atoms with E-state index >= 15 is 0 Å². The van der Waals surface area contributed by atoms with Crippen LogP contribution in [-0.4, -0.2) is 37.8 Å². The first-order valence-electron chi connectivity index (χ1n) is 11.6. The number of rotatable bonds is 10. The second kappa shape index (κ2) is 11.3. The van der Waals surface area contributed by atoms with E-state index in [1.165, 1.54) is 4.68 Å². The number of anilines is 3. The fourth-order valence-electron chi connectivity index (χ4n) is 3.67. The SMILES string of the molecule is CCCCCn1nc(C(=O)OCc2nc(N)nc(Nc3ccccc3OC)n2)c2ccccc2c1=O. The zero-order chi connectivity index (χ0) is 25.5. The average Bonchev–Trinajstić information content (AvgIpc) is 2.89. The molecule has 0 saturated carbocycles. The van der Waals surface area contributed by atoms with Crippen molar-refractivity contribution in [3.8, 4) is 5.75 Å². The Balaban J connectivity index is 1.56. The number of methoxy groups -OCH3 is 1. The van der Waals surface area contributed by atoms with E-state index in [0.29, 0.717) is 28.8 Å². The molecule has 0 spiro atoms. The predicted octanol–water partition coefficient (Wildman–Crippen LogP) is 3.46. The Hall–Kier alpha value is -4.54. The second-order valence-electron chi connectivity index (χ2n) is 7.96. The van der Waals surface area contributed by atoms with Crippen molar-refractivity contribution < 1.29 is 14.3 Å². The van der Waals surface area contributed by atoms with Crippen molar-refractivity contribution in [3.63, 3.8) is 0 Å². The lowest BCUT2D eigenvalue weighted by Crippen LogP contribution is -2.26. The summed E-state index contributed by atoms with van der Waals surface area (Å²) in [7, 11) is 1.55. The third-order valence-electron chi connectivity index (χ3n) is 5.42. The van der Waals surface area contributed by atoms with Gasteiger partial charge in [0.25, 0.3) is 5.56 Å². The molecule has 36 heavy (non-hydrogen) atoms. The van der Waals surface area contributed by atoms with Gasteiger partial charge < -0.3 is 20.5 Å².